The Hall–Kier alpha value is -6.15. The molecule has 0 aliphatic carbocycles. The Bertz CT molecular complexity index is 2640. The summed E-state index contributed by atoms with van der Waals surface area (Å²) in [7, 11) is 4.90. The highest BCUT2D eigenvalue weighted by atomic mass is 16.6. The zero-order valence-electron chi connectivity index (χ0n) is 35.6. The molecule has 6 aromatic rings. The molecule has 0 saturated carbocycles. The number of H-pyrrole nitrogens is 1. The van der Waals surface area contributed by atoms with E-state index in [1.807, 2.05) is 65.3 Å². The Morgan fingerprint density at radius 2 is 1.68 bits per heavy atom. The summed E-state index contributed by atoms with van der Waals surface area (Å²) in [6.45, 7) is 12.7. The number of imidazole rings is 2. The molecule has 2 aromatic heterocycles. The van der Waals surface area contributed by atoms with Gasteiger partial charge in [0.05, 0.1) is 47.9 Å². The minimum Gasteiger partial charge on any atom is -0.488 e. The Morgan fingerprint density at radius 1 is 0.933 bits per heavy atom. The number of hydrogen-bond donors (Lipinski definition) is 3. The number of nitrogens with zero attached hydrogens (tertiary/aromatic N) is 4. The number of ether oxygens (including phenoxy) is 4. The summed E-state index contributed by atoms with van der Waals surface area (Å²) >= 11 is 0. The second-order valence-electron chi connectivity index (χ2n) is 17.3. The summed E-state index contributed by atoms with van der Waals surface area (Å²) in [5, 5.41) is 7.68. The third-order valence-corrected chi connectivity index (χ3v) is 11.5. The van der Waals surface area contributed by atoms with Gasteiger partial charge in [-0.3, -0.25) is 9.69 Å². The van der Waals surface area contributed by atoms with Crippen LogP contribution in [-0.2, 0) is 32.7 Å². The summed E-state index contributed by atoms with van der Waals surface area (Å²) < 4.78 is 24.4. The lowest BCUT2D eigenvalue weighted by Gasteiger charge is -2.27. The fourth-order valence-electron chi connectivity index (χ4n) is 8.57. The van der Waals surface area contributed by atoms with Gasteiger partial charge in [0, 0.05) is 37.6 Å². The maximum atomic E-state index is 13.3. The first-order valence-corrected chi connectivity index (χ1v) is 20.4. The van der Waals surface area contributed by atoms with Crippen LogP contribution in [0.1, 0.15) is 77.3 Å². The van der Waals surface area contributed by atoms with E-state index in [0.29, 0.717) is 25.6 Å². The van der Waals surface area contributed by atoms with Crippen molar-refractivity contribution in [3.8, 4) is 28.0 Å². The zero-order chi connectivity index (χ0) is 42.6. The molecule has 3 amide bonds. The number of alkyl carbamates (subject to hydrolysis) is 1. The fraction of sp³-hybridized carbons (Fsp3) is 0.413. The van der Waals surface area contributed by atoms with E-state index >= 15 is 0 Å². The van der Waals surface area contributed by atoms with Crippen molar-refractivity contribution < 1.29 is 33.3 Å². The number of nitrogens with one attached hydrogen (secondary N) is 3. The fourth-order valence-corrected chi connectivity index (χ4v) is 8.57. The molecule has 2 aliphatic heterocycles. The average molecular weight is 816 g/mol. The lowest BCUT2D eigenvalue weighted by molar-refractivity contribution is -0.124. The van der Waals surface area contributed by atoms with Crippen molar-refractivity contribution >= 4 is 50.9 Å². The highest BCUT2D eigenvalue weighted by Gasteiger charge is 2.40. The number of amides is 3. The number of aromatic amines is 1. The van der Waals surface area contributed by atoms with E-state index in [9.17, 15) is 14.4 Å². The quantitative estimate of drug-likeness (QED) is 0.130. The van der Waals surface area contributed by atoms with Crippen molar-refractivity contribution in [3.63, 3.8) is 0 Å². The van der Waals surface area contributed by atoms with E-state index in [4.69, 9.17) is 28.9 Å². The molecule has 4 heterocycles. The number of fused-ring (bicyclic) bond motifs is 7. The third kappa shape index (κ3) is 7.71. The van der Waals surface area contributed by atoms with Crippen LogP contribution in [0, 0.1) is 11.8 Å². The molecule has 1 fully saturated rings. The van der Waals surface area contributed by atoms with Gasteiger partial charge in [-0.2, -0.15) is 0 Å². The molecule has 314 valence electrons. The van der Waals surface area contributed by atoms with Crippen LogP contribution in [0.3, 0.4) is 0 Å². The van der Waals surface area contributed by atoms with Crippen molar-refractivity contribution in [1.82, 2.24) is 35.1 Å². The zero-order valence-corrected chi connectivity index (χ0v) is 35.6. The summed E-state index contributed by atoms with van der Waals surface area (Å²) in [6.07, 6.45) is -0.292. The largest absolute Gasteiger partial charge is 0.488 e. The molecule has 14 nitrogen and oxygen atoms in total. The van der Waals surface area contributed by atoms with Crippen molar-refractivity contribution in [2.45, 2.75) is 78.3 Å². The summed E-state index contributed by atoms with van der Waals surface area (Å²) in [6, 6.07) is 19.6. The lowest BCUT2D eigenvalue weighted by Crippen LogP contribution is -2.50. The number of aryl methyl sites for hydroxylation is 1. The van der Waals surface area contributed by atoms with E-state index in [2.05, 4.69) is 64.1 Å². The molecule has 4 aromatic carbocycles. The number of rotatable bonds is 9. The van der Waals surface area contributed by atoms with Crippen LogP contribution in [0.5, 0.6) is 5.75 Å². The normalized spacial score (nSPS) is 17.3. The maximum Gasteiger partial charge on any atom is 0.410 e. The van der Waals surface area contributed by atoms with Crippen molar-refractivity contribution in [2.75, 3.05) is 27.4 Å². The first-order valence-electron chi connectivity index (χ1n) is 20.4. The van der Waals surface area contributed by atoms with Gasteiger partial charge in [0.2, 0.25) is 5.91 Å². The molecule has 1 saturated heterocycles. The Labute approximate surface area is 348 Å². The smallest absolute Gasteiger partial charge is 0.410 e. The van der Waals surface area contributed by atoms with E-state index in [1.165, 1.54) is 7.11 Å². The summed E-state index contributed by atoms with van der Waals surface area (Å²) in [5.41, 5.74) is 8.14. The molecular formula is C46H53N7O7. The third-order valence-electron chi connectivity index (χ3n) is 11.5. The number of methoxy groups -OCH3 is 2. The van der Waals surface area contributed by atoms with Crippen molar-refractivity contribution in [1.29, 1.82) is 0 Å². The van der Waals surface area contributed by atoms with E-state index in [0.717, 1.165) is 78.7 Å². The van der Waals surface area contributed by atoms with Gasteiger partial charge in [-0.25, -0.2) is 19.6 Å². The topological polar surface area (TPSA) is 162 Å². The van der Waals surface area contributed by atoms with E-state index in [1.54, 1.807) is 12.0 Å². The van der Waals surface area contributed by atoms with Gasteiger partial charge in [0.1, 0.15) is 35.6 Å². The first-order chi connectivity index (χ1) is 28.6. The molecule has 8 rings (SSSR count). The minimum atomic E-state index is -0.752. The van der Waals surface area contributed by atoms with Crippen LogP contribution >= 0.6 is 0 Å². The molecule has 0 unspecified atom stereocenters. The van der Waals surface area contributed by atoms with Gasteiger partial charge in [0.15, 0.2) is 0 Å². The number of hydrogen-bond acceptors (Lipinski definition) is 9. The predicted octanol–water partition coefficient (Wildman–Crippen LogP) is 8.33. The van der Waals surface area contributed by atoms with Gasteiger partial charge in [0.25, 0.3) is 0 Å². The highest BCUT2D eigenvalue weighted by molar-refractivity contribution is 6.07. The number of carbonyl (C=O) groups is 3. The van der Waals surface area contributed by atoms with Crippen LogP contribution in [0.15, 0.2) is 60.7 Å². The molecule has 60 heavy (non-hydrogen) atoms. The monoisotopic (exact) mass is 815 g/mol. The van der Waals surface area contributed by atoms with Crippen molar-refractivity contribution in [2.24, 2.45) is 18.9 Å². The Balaban J connectivity index is 1.05. The minimum absolute atomic E-state index is 0.144. The van der Waals surface area contributed by atoms with Gasteiger partial charge in [-0.05, 0) is 104 Å². The van der Waals surface area contributed by atoms with Gasteiger partial charge < -0.3 is 39.1 Å². The van der Waals surface area contributed by atoms with Crippen LogP contribution in [-0.4, -0.2) is 81.5 Å². The molecular weight excluding hydrogens is 763 g/mol. The van der Waals surface area contributed by atoms with Crippen LogP contribution in [0.4, 0.5) is 9.59 Å². The predicted molar refractivity (Wildman–Crippen MR) is 229 cm³/mol. The molecule has 2 aliphatic rings. The summed E-state index contributed by atoms with van der Waals surface area (Å²) in [5.74, 6) is 1.93. The second-order valence-corrected chi connectivity index (χ2v) is 17.3. The van der Waals surface area contributed by atoms with Gasteiger partial charge in [-0.15, -0.1) is 0 Å². The molecule has 4 atom stereocenters. The van der Waals surface area contributed by atoms with Crippen LogP contribution in [0.25, 0.3) is 55.1 Å². The standard InChI is InChI=1S/C46H53N7O7/c1-24(2)39(51-44(55)58-9)43(54)47-25(3)42-49-34-14-11-28(19-36(34)52(42)7)27-10-13-31-30(17-27)23-59-38-20-32-29(18-33(31)38)12-15-35-40(32)50-41(48-35)37-16-26(22-57-8)21-53(37)45(56)60-46(4,5)6/h10-15,17-20,24-26,37,39H,16,21-23H2,1-9H3,(H,47,54)(H,48,50)(H,51,55)/t25-,26-,37-,39-/m0/s1. The number of likely N-dealkylation sites (tertiary alicyclic amines) is 1. The Morgan fingerprint density at radius 3 is 2.42 bits per heavy atom. The molecule has 14 heteroatoms. The number of benzene rings is 4. The number of aromatic nitrogens is 4. The van der Waals surface area contributed by atoms with Crippen LogP contribution < -0.4 is 15.4 Å². The second kappa shape index (κ2) is 15.8. The van der Waals surface area contributed by atoms with Crippen LogP contribution in [0.2, 0.25) is 0 Å². The first kappa shape index (κ1) is 40.6. The highest BCUT2D eigenvalue weighted by Crippen LogP contribution is 2.44. The van der Waals surface area contributed by atoms with Crippen molar-refractivity contribution in [3.05, 3.63) is 77.9 Å². The maximum absolute atomic E-state index is 13.3. The number of carbonyl (C=O) groups excluding carboxylic acids is 3. The molecule has 0 radical (unpaired) electrons. The van der Waals surface area contributed by atoms with Gasteiger partial charge >= 0.3 is 12.2 Å². The molecule has 0 bridgehead atoms. The SMILES string of the molecule is COC[C@H]1C[C@@H](c2nc3ccc4cc5c(cc4c3[nH]2)OCc2cc(-c3ccc4nc([C@H](C)NC(=O)[C@@H](NC(=O)OC)C(C)C)n(C)c4c3)ccc2-5)N(C(=O)OC(C)(C)C)C1. The lowest BCUT2D eigenvalue weighted by atomic mass is 9.91. The Kier molecular flexibility index (Phi) is 10.7. The van der Waals surface area contributed by atoms with E-state index < -0.39 is 23.8 Å². The average Bonchev–Trinajstić information content (AvgIpc) is 3.93. The summed E-state index contributed by atoms with van der Waals surface area (Å²) in [4.78, 5) is 53.6. The molecule has 3 N–H and O–H groups in total. The van der Waals surface area contributed by atoms with E-state index in [-0.39, 0.29) is 29.9 Å². The molecule has 0 spiro atoms. The van der Waals surface area contributed by atoms with Gasteiger partial charge in [-0.1, -0.05) is 38.1 Å².